The number of ether oxygens (including phenoxy) is 2. The summed E-state index contributed by atoms with van der Waals surface area (Å²) in [5, 5.41) is 2.62. The lowest BCUT2D eigenvalue weighted by Crippen LogP contribution is -2.49. The molecule has 2 aliphatic rings. The predicted octanol–water partition coefficient (Wildman–Crippen LogP) is 4.55. The van der Waals surface area contributed by atoms with Crippen molar-refractivity contribution >= 4 is 39.9 Å². The highest BCUT2D eigenvalue weighted by atomic mass is 35.5. The monoisotopic (exact) mass is 535 g/mol. The van der Waals surface area contributed by atoms with E-state index in [1.54, 1.807) is 11.0 Å². The fourth-order valence-corrected chi connectivity index (χ4v) is 5.79. The van der Waals surface area contributed by atoms with E-state index in [0.29, 0.717) is 24.8 Å². The molecule has 0 bridgehead atoms. The molecule has 0 aliphatic carbocycles. The minimum Gasteiger partial charge on any atom is -0.379 e. The van der Waals surface area contributed by atoms with Gasteiger partial charge < -0.3 is 20.1 Å². The summed E-state index contributed by atoms with van der Waals surface area (Å²) in [6.07, 6.45) is -1.85. The molecule has 2 heterocycles. The van der Waals surface area contributed by atoms with Gasteiger partial charge in [0, 0.05) is 42.5 Å². The first kappa shape index (κ1) is 26.6. The quantitative estimate of drug-likeness (QED) is 0.480. The number of nitrogens with two attached hydrogens (primary N) is 1. The van der Waals surface area contributed by atoms with Crippen LogP contribution in [0.4, 0.5) is 5.69 Å². The molecule has 3 aromatic carbocycles. The van der Waals surface area contributed by atoms with E-state index in [1.165, 1.54) is 0 Å². The molecule has 2 aliphatic heterocycles. The first-order valence-electron chi connectivity index (χ1n) is 13.0. The Bertz CT molecular complexity index is 1330. The number of carbonyl (C=O) groups excluding carboxylic acids is 2. The zero-order valence-electron chi connectivity index (χ0n) is 21.9. The van der Waals surface area contributed by atoms with Crippen LogP contribution >= 0.6 is 11.6 Å². The van der Waals surface area contributed by atoms with Gasteiger partial charge in [-0.2, -0.15) is 0 Å². The van der Waals surface area contributed by atoms with E-state index in [4.69, 9.17) is 26.8 Å². The van der Waals surface area contributed by atoms with Crippen molar-refractivity contribution in [3.05, 3.63) is 76.8 Å². The molecule has 2 N–H and O–H groups in total. The second kappa shape index (κ2) is 11.0. The molecule has 2 amide bonds. The molecule has 1 fully saturated rings. The summed E-state index contributed by atoms with van der Waals surface area (Å²) in [7, 11) is 0. The number of primary amides is 1. The zero-order valence-corrected chi connectivity index (χ0v) is 22.6. The number of carbonyl (C=O) groups is 2. The summed E-state index contributed by atoms with van der Waals surface area (Å²) in [4.78, 5) is 30.3. The summed E-state index contributed by atoms with van der Waals surface area (Å²) in [6, 6.07) is 19.6. The van der Waals surface area contributed by atoms with Crippen LogP contribution in [0.3, 0.4) is 0 Å². The second-order valence-electron chi connectivity index (χ2n) is 10.9. The number of rotatable bonds is 7. The number of anilines is 1. The van der Waals surface area contributed by atoms with Gasteiger partial charge in [0.2, 0.25) is 5.91 Å². The fraction of sp³-hybridized carbons (Fsp3) is 0.400. The van der Waals surface area contributed by atoms with E-state index in [2.05, 4.69) is 18.7 Å². The molecule has 5 rings (SSSR count). The van der Waals surface area contributed by atoms with Crippen molar-refractivity contribution in [2.75, 3.05) is 44.3 Å². The van der Waals surface area contributed by atoms with Crippen LogP contribution in [0.15, 0.2) is 60.7 Å². The topological polar surface area (TPSA) is 85.1 Å². The maximum Gasteiger partial charge on any atom is 0.256 e. The van der Waals surface area contributed by atoms with E-state index >= 15 is 0 Å². The van der Waals surface area contributed by atoms with E-state index in [1.807, 2.05) is 54.6 Å². The normalized spacial score (nSPS) is 20.8. The van der Waals surface area contributed by atoms with Gasteiger partial charge in [-0.25, -0.2) is 0 Å². The van der Waals surface area contributed by atoms with Gasteiger partial charge in [-0.1, -0.05) is 67.9 Å². The van der Waals surface area contributed by atoms with Crippen LogP contribution in [0.2, 0.25) is 5.02 Å². The smallest absolute Gasteiger partial charge is 0.256 e. The van der Waals surface area contributed by atoms with Gasteiger partial charge >= 0.3 is 0 Å². The predicted molar refractivity (Wildman–Crippen MR) is 149 cm³/mol. The Labute approximate surface area is 228 Å². The first-order chi connectivity index (χ1) is 18.2. The highest BCUT2D eigenvalue weighted by molar-refractivity contribution is 6.30. The van der Waals surface area contributed by atoms with E-state index in [-0.39, 0.29) is 17.7 Å². The van der Waals surface area contributed by atoms with Crippen LogP contribution in [-0.2, 0) is 19.1 Å². The first-order valence-corrected chi connectivity index (χ1v) is 13.4. The lowest BCUT2D eigenvalue weighted by molar-refractivity contribution is -0.137. The third kappa shape index (κ3) is 5.71. The van der Waals surface area contributed by atoms with Crippen molar-refractivity contribution in [1.82, 2.24) is 4.90 Å². The molecule has 1 saturated heterocycles. The van der Waals surface area contributed by atoms with Gasteiger partial charge in [0.15, 0.2) is 0 Å². The number of hydrogen-bond acceptors (Lipinski definition) is 5. The third-order valence-corrected chi connectivity index (χ3v) is 7.47. The van der Waals surface area contributed by atoms with Crippen molar-refractivity contribution in [2.24, 2.45) is 11.1 Å². The van der Waals surface area contributed by atoms with Gasteiger partial charge in [0.25, 0.3) is 5.91 Å². The molecule has 2 atom stereocenters. The average molecular weight is 536 g/mol. The number of amides is 2. The summed E-state index contributed by atoms with van der Waals surface area (Å²) < 4.78 is 12.0. The van der Waals surface area contributed by atoms with Gasteiger partial charge in [-0.05, 0) is 39.9 Å². The van der Waals surface area contributed by atoms with Crippen LogP contribution in [-0.4, -0.2) is 62.2 Å². The highest BCUT2D eigenvalue weighted by Gasteiger charge is 2.40. The van der Waals surface area contributed by atoms with Gasteiger partial charge in [-0.3, -0.25) is 14.5 Å². The summed E-state index contributed by atoms with van der Waals surface area (Å²) in [5.74, 6) is -0.860. The molecule has 200 valence electrons. The Balaban J connectivity index is 1.60. The molecule has 7 nitrogen and oxygen atoms in total. The minimum absolute atomic E-state index is 0.206. The van der Waals surface area contributed by atoms with Crippen LogP contribution in [0.1, 0.15) is 37.5 Å². The molecule has 2 unspecified atom stereocenters. The van der Waals surface area contributed by atoms with E-state index in [9.17, 15) is 9.59 Å². The Morgan fingerprint density at radius 2 is 1.76 bits per heavy atom. The molecule has 3 aromatic rings. The number of morpholine rings is 1. The Morgan fingerprint density at radius 1 is 1.03 bits per heavy atom. The molecule has 0 saturated carbocycles. The summed E-state index contributed by atoms with van der Waals surface area (Å²) >= 11 is 6.52. The van der Waals surface area contributed by atoms with Crippen LogP contribution in [0.25, 0.3) is 10.8 Å². The number of hydrogen-bond donors (Lipinski definition) is 1. The van der Waals surface area contributed by atoms with Crippen molar-refractivity contribution in [3.8, 4) is 0 Å². The molecule has 8 heteroatoms. The zero-order chi connectivity index (χ0) is 26.9. The number of fused-ring (bicyclic) bond motifs is 2. The number of halogens is 1. The number of nitrogens with zero attached hydrogens (tertiary/aromatic N) is 2. The van der Waals surface area contributed by atoms with Crippen LogP contribution < -0.4 is 10.6 Å². The Morgan fingerprint density at radius 3 is 2.53 bits per heavy atom. The summed E-state index contributed by atoms with van der Waals surface area (Å²) in [6.45, 7) is 8.70. The number of benzene rings is 3. The molecule has 0 aromatic heterocycles. The molecular weight excluding hydrogens is 502 g/mol. The lowest BCUT2D eigenvalue weighted by atomic mass is 9.90. The van der Waals surface area contributed by atoms with Crippen molar-refractivity contribution in [3.63, 3.8) is 0 Å². The maximum absolute atomic E-state index is 14.1. The minimum atomic E-state index is -1.03. The van der Waals surface area contributed by atoms with Crippen molar-refractivity contribution < 1.29 is 19.1 Å². The Hall–Kier alpha value is -2.97. The molecule has 38 heavy (non-hydrogen) atoms. The Kier molecular flexibility index (Phi) is 7.73. The SMILES string of the molecule is CC(C)(CN1CCOCC1)CN1C(=O)C(CC(N)=O)OC(c2cccc3ccccc23)c2cc(Cl)ccc21. The lowest BCUT2D eigenvalue weighted by Gasteiger charge is -2.38. The standard InChI is InChI=1S/C30H34ClN3O4/c1-30(2,18-33-12-14-37-15-13-33)19-34-25-11-10-21(31)16-24(25)28(38-26(29(34)36)17-27(32)35)23-9-5-7-20-6-3-4-8-22(20)23/h3-11,16,26,28H,12-15,17-19H2,1-2H3,(H2,32,35). The molecule has 0 spiro atoms. The van der Waals surface area contributed by atoms with Crippen LogP contribution in [0, 0.1) is 5.41 Å². The molecular formula is C30H34ClN3O4. The molecule has 0 radical (unpaired) electrons. The third-order valence-electron chi connectivity index (χ3n) is 7.24. The van der Waals surface area contributed by atoms with Gasteiger partial charge in [-0.15, -0.1) is 0 Å². The van der Waals surface area contributed by atoms with Crippen LogP contribution in [0.5, 0.6) is 0 Å². The van der Waals surface area contributed by atoms with Crippen molar-refractivity contribution in [1.29, 1.82) is 0 Å². The van der Waals surface area contributed by atoms with Crippen molar-refractivity contribution in [2.45, 2.75) is 32.5 Å². The maximum atomic E-state index is 14.1. The fourth-order valence-electron chi connectivity index (χ4n) is 5.61. The average Bonchev–Trinajstić information content (AvgIpc) is 2.98. The largest absolute Gasteiger partial charge is 0.379 e. The second-order valence-corrected chi connectivity index (χ2v) is 11.4. The van der Waals surface area contributed by atoms with E-state index in [0.717, 1.165) is 47.2 Å². The van der Waals surface area contributed by atoms with E-state index < -0.39 is 18.1 Å². The van der Waals surface area contributed by atoms with Gasteiger partial charge in [0.05, 0.1) is 19.6 Å². The summed E-state index contributed by atoms with van der Waals surface area (Å²) in [5.41, 5.74) is 7.79. The van der Waals surface area contributed by atoms with Gasteiger partial charge in [0.1, 0.15) is 12.2 Å². The highest BCUT2D eigenvalue weighted by Crippen LogP contribution is 2.42.